The zero-order chi connectivity index (χ0) is 19.0. The highest BCUT2D eigenvalue weighted by molar-refractivity contribution is 5.98. The molecular weight excluding hydrogens is 344 g/mol. The third-order valence-electron chi connectivity index (χ3n) is 4.75. The van der Waals surface area contributed by atoms with E-state index in [1.807, 2.05) is 36.4 Å². The number of ether oxygens (including phenoxy) is 1. The molecule has 1 aliphatic rings. The minimum atomic E-state index is -1.12. The minimum Gasteiger partial charge on any atom is -0.478 e. The van der Waals surface area contributed by atoms with Gasteiger partial charge in [0.1, 0.15) is 18.0 Å². The number of amides is 1. The summed E-state index contributed by atoms with van der Waals surface area (Å²) < 4.78 is 5.42. The summed E-state index contributed by atoms with van der Waals surface area (Å²) in [7, 11) is 0. The lowest BCUT2D eigenvalue weighted by Crippen LogP contribution is -2.19. The van der Waals surface area contributed by atoms with Crippen molar-refractivity contribution in [1.82, 2.24) is 4.98 Å². The molecule has 0 fully saturated rings. The maximum atomic E-state index is 12.2. The fourth-order valence-corrected chi connectivity index (χ4v) is 3.59. The third kappa shape index (κ3) is 3.06. The molecule has 0 saturated carbocycles. The molecule has 0 unspecified atom stereocenters. The van der Waals surface area contributed by atoms with Crippen molar-refractivity contribution in [3.8, 4) is 11.1 Å². The van der Waals surface area contributed by atoms with E-state index in [0.29, 0.717) is 5.69 Å². The lowest BCUT2D eigenvalue weighted by Gasteiger charge is -2.14. The van der Waals surface area contributed by atoms with Crippen molar-refractivity contribution in [2.75, 3.05) is 11.9 Å². The van der Waals surface area contributed by atoms with Crippen LogP contribution in [0, 0.1) is 6.92 Å². The fourth-order valence-electron chi connectivity index (χ4n) is 3.59. The molecule has 0 radical (unpaired) electrons. The van der Waals surface area contributed by atoms with E-state index >= 15 is 0 Å². The van der Waals surface area contributed by atoms with Gasteiger partial charge in [-0.25, -0.2) is 9.59 Å². The highest BCUT2D eigenvalue weighted by Crippen LogP contribution is 2.44. The maximum absolute atomic E-state index is 12.2. The van der Waals surface area contributed by atoms with Crippen molar-refractivity contribution < 1.29 is 19.4 Å². The number of nitrogens with one attached hydrogen (secondary N) is 2. The Morgan fingerprint density at radius 2 is 1.67 bits per heavy atom. The zero-order valence-electron chi connectivity index (χ0n) is 14.7. The molecular formula is C21H18N2O4. The zero-order valence-corrected chi connectivity index (χ0v) is 14.7. The van der Waals surface area contributed by atoms with Crippen molar-refractivity contribution in [2.24, 2.45) is 0 Å². The van der Waals surface area contributed by atoms with Crippen LogP contribution in [0.5, 0.6) is 0 Å². The summed E-state index contributed by atoms with van der Waals surface area (Å²) in [6, 6.07) is 17.6. The summed E-state index contributed by atoms with van der Waals surface area (Å²) in [6.07, 6.45) is -0.693. The number of benzene rings is 2. The van der Waals surface area contributed by atoms with E-state index in [9.17, 15) is 14.7 Å². The molecule has 0 bridgehead atoms. The summed E-state index contributed by atoms with van der Waals surface area (Å²) >= 11 is 0. The van der Waals surface area contributed by atoms with Crippen LogP contribution in [0.2, 0.25) is 0 Å². The SMILES string of the molecule is Cc1cc(C(=O)O)c(NC(=O)OCC2c3ccccc3-c3ccccc32)[nH]1. The number of carbonyl (C=O) groups is 2. The van der Waals surface area contributed by atoms with Gasteiger partial charge in [-0.2, -0.15) is 0 Å². The van der Waals surface area contributed by atoms with Gasteiger partial charge in [0.25, 0.3) is 0 Å². The number of anilines is 1. The Morgan fingerprint density at radius 1 is 1.07 bits per heavy atom. The summed E-state index contributed by atoms with van der Waals surface area (Å²) in [5.74, 6) is -1.04. The van der Waals surface area contributed by atoms with Gasteiger partial charge in [0.2, 0.25) is 0 Å². The molecule has 0 atom stereocenters. The first-order chi connectivity index (χ1) is 13.0. The minimum absolute atomic E-state index is 0.000933. The number of aromatic carboxylic acids is 1. The number of carbonyl (C=O) groups excluding carboxylic acids is 1. The Balaban J connectivity index is 1.51. The van der Waals surface area contributed by atoms with E-state index in [1.165, 1.54) is 6.07 Å². The van der Waals surface area contributed by atoms with Gasteiger partial charge in [-0.3, -0.25) is 5.32 Å². The summed E-state index contributed by atoms with van der Waals surface area (Å²) in [5, 5.41) is 11.7. The molecule has 3 N–H and O–H groups in total. The second-order valence-corrected chi connectivity index (χ2v) is 6.50. The fraction of sp³-hybridized carbons (Fsp3) is 0.143. The molecule has 1 amide bonds. The molecule has 1 heterocycles. The lowest BCUT2D eigenvalue weighted by atomic mass is 9.98. The normalized spacial score (nSPS) is 12.3. The highest BCUT2D eigenvalue weighted by atomic mass is 16.5. The number of rotatable bonds is 4. The second-order valence-electron chi connectivity index (χ2n) is 6.50. The van der Waals surface area contributed by atoms with E-state index in [1.54, 1.807) is 6.92 Å². The van der Waals surface area contributed by atoms with Crippen molar-refractivity contribution in [1.29, 1.82) is 0 Å². The van der Waals surface area contributed by atoms with Crippen LogP contribution in [0.15, 0.2) is 54.6 Å². The first-order valence-electron chi connectivity index (χ1n) is 8.59. The average molecular weight is 362 g/mol. The van der Waals surface area contributed by atoms with Crippen LogP contribution in [0.4, 0.5) is 10.6 Å². The molecule has 1 aromatic heterocycles. The number of H-pyrrole nitrogens is 1. The number of fused-ring (bicyclic) bond motifs is 3. The first-order valence-corrected chi connectivity index (χ1v) is 8.59. The van der Waals surface area contributed by atoms with Crippen LogP contribution in [0.3, 0.4) is 0 Å². The predicted octanol–water partition coefficient (Wildman–Crippen LogP) is 4.38. The monoisotopic (exact) mass is 362 g/mol. The van der Waals surface area contributed by atoms with E-state index in [2.05, 4.69) is 22.4 Å². The molecule has 6 heteroatoms. The number of hydrogen-bond donors (Lipinski definition) is 3. The Morgan fingerprint density at radius 3 is 2.26 bits per heavy atom. The summed E-state index contributed by atoms with van der Waals surface area (Å²) in [4.78, 5) is 26.3. The molecule has 136 valence electrons. The quantitative estimate of drug-likeness (QED) is 0.642. The van der Waals surface area contributed by atoms with Crippen LogP contribution in [-0.4, -0.2) is 28.8 Å². The molecule has 6 nitrogen and oxygen atoms in total. The topological polar surface area (TPSA) is 91.4 Å². The number of carboxylic acids is 1. The first kappa shape index (κ1) is 16.9. The van der Waals surface area contributed by atoms with E-state index in [4.69, 9.17) is 4.74 Å². The molecule has 0 saturated heterocycles. The smallest absolute Gasteiger partial charge is 0.412 e. The molecule has 3 aromatic rings. The Kier molecular flexibility index (Phi) is 4.16. The number of carboxylic acid groups (broad SMARTS) is 1. The average Bonchev–Trinajstić information content (AvgIpc) is 3.18. The van der Waals surface area contributed by atoms with Gasteiger partial charge in [0.05, 0.1) is 0 Å². The Labute approximate surface area is 155 Å². The Bertz CT molecular complexity index is 993. The van der Waals surface area contributed by atoms with Crippen molar-refractivity contribution in [2.45, 2.75) is 12.8 Å². The second kappa shape index (κ2) is 6.64. The predicted molar refractivity (Wildman–Crippen MR) is 101 cm³/mol. The molecule has 4 rings (SSSR count). The maximum Gasteiger partial charge on any atom is 0.412 e. The molecule has 1 aliphatic carbocycles. The van der Waals surface area contributed by atoms with Crippen LogP contribution in [0.25, 0.3) is 11.1 Å². The van der Waals surface area contributed by atoms with Gasteiger partial charge >= 0.3 is 12.1 Å². The van der Waals surface area contributed by atoms with Gasteiger partial charge in [-0.15, -0.1) is 0 Å². The Hall–Kier alpha value is -3.54. The molecule has 2 aromatic carbocycles. The van der Waals surface area contributed by atoms with E-state index < -0.39 is 12.1 Å². The highest BCUT2D eigenvalue weighted by Gasteiger charge is 2.29. The molecule has 27 heavy (non-hydrogen) atoms. The molecule has 0 spiro atoms. The number of aryl methyl sites for hydroxylation is 1. The van der Waals surface area contributed by atoms with Crippen molar-refractivity contribution in [3.63, 3.8) is 0 Å². The van der Waals surface area contributed by atoms with Gasteiger partial charge in [-0.1, -0.05) is 48.5 Å². The standard InChI is InChI=1S/C21H18N2O4/c1-12-10-17(20(24)25)19(22-12)23-21(26)27-11-18-15-8-4-2-6-13(15)14-7-3-5-9-16(14)18/h2-10,18,22H,11H2,1H3,(H,23,26)(H,24,25). The van der Waals surface area contributed by atoms with Crippen LogP contribution in [0.1, 0.15) is 33.1 Å². The largest absolute Gasteiger partial charge is 0.478 e. The third-order valence-corrected chi connectivity index (χ3v) is 4.75. The van der Waals surface area contributed by atoms with Gasteiger partial charge in [0.15, 0.2) is 0 Å². The van der Waals surface area contributed by atoms with E-state index in [-0.39, 0.29) is 23.9 Å². The summed E-state index contributed by atoms with van der Waals surface area (Å²) in [5.41, 5.74) is 5.18. The lowest BCUT2D eigenvalue weighted by molar-refractivity contribution is 0.0698. The van der Waals surface area contributed by atoms with Crippen LogP contribution < -0.4 is 5.32 Å². The number of hydrogen-bond acceptors (Lipinski definition) is 3. The van der Waals surface area contributed by atoms with Gasteiger partial charge in [0, 0.05) is 11.6 Å². The molecule has 0 aliphatic heterocycles. The van der Waals surface area contributed by atoms with Crippen LogP contribution in [-0.2, 0) is 4.74 Å². The van der Waals surface area contributed by atoms with Gasteiger partial charge < -0.3 is 14.8 Å². The van der Waals surface area contributed by atoms with Crippen molar-refractivity contribution >= 4 is 17.9 Å². The number of aromatic nitrogens is 1. The van der Waals surface area contributed by atoms with Crippen molar-refractivity contribution in [3.05, 3.63) is 77.0 Å². The van der Waals surface area contributed by atoms with Gasteiger partial charge in [-0.05, 0) is 35.2 Å². The van der Waals surface area contributed by atoms with E-state index in [0.717, 1.165) is 22.3 Å². The van der Waals surface area contributed by atoms with Crippen LogP contribution >= 0.6 is 0 Å². The summed E-state index contributed by atoms with van der Waals surface area (Å²) in [6.45, 7) is 1.89. The number of aromatic amines is 1.